The van der Waals surface area contributed by atoms with Crippen LogP contribution in [0.15, 0.2) is 36.4 Å². The molecule has 2 aromatic carbocycles. The molecular formula is C20H18N2O5. The minimum atomic E-state index is -0.637. The van der Waals surface area contributed by atoms with Crippen molar-refractivity contribution in [2.75, 3.05) is 12.1 Å². The summed E-state index contributed by atoms with van der Waals surface area (Å²) in [6, 6.07) is 9.61. The van der Waals surface area contributed by atoms with Crippen molar-refractivity contribution in [1.29, 1.82) is 0 Å². The number of rotatable bonds is 2. The van der Waals surface area contributed by atoms with Gasteiger partial charge in [-0.3, -0.25) is 19.3 Å². The van der Waals surface area contributed by atoms with Crippen LogP contribution in [0.4, 0.5) is 5.69 Å². The van der Waals surface area contributed by atoms with Crippen LogP contribution in [-0.2, 0) is 0 Å². The smallest absolute Gasteiger partial charge is 0.262 e. The van der Waals surface area contributed by atoms with Crippen LogP contribution >= 0.6 is 0 Å². The quantitative estimate of drug-likeness (QED) is 0.826. The Hall–Kier alpha value is -3.35. The SMILES string of the molecule is CC(C)(C)N1C(=O)c2ccc(C(=O)Nc3ccc4c(c3)OCO4)cc2C1=O. The number of nitrogens with one attached hydrogen (secondary N) is 1. The van der Waals surface area contributed by atoms with Crippen molar-refractivity contribution in [3.8, 4) is 11.5 Å². The van der Waals surface area contributed by atoms with E-state index in [1.807, 2.05) is 0 Å². The topological polar surface area (TPSA) is 84.9 Å². The fourth-order valence-electron chi connectivity index (χ4n) is 3.17. The predicted octanol–water partition coefficient (Wildman–Crippen LogP) is 3.06. The molecule has 0 aromatic heterocycles. The maximum Gasteiger partial charge on any atom is 0.262 e. The lowest BCUT2D eigenvalue weighted by Gasteiger charge is -2.29. The third kappa shape index (κ3) is 2.81. The average molecular weight is 366 g/mol. The third-order valence-corrected chi connectivity index (χ3v) is 4.45. The molecule has 7 heteroatoms. The Bertz CT molecular complexity index is 990. The monoisotopic (exact) mass is 366 g/mol. The number of anilines is 1. The first-order chi connectivity index (χ1) is 12.8. The van der Waals surface area contributed by atoms with Crippen LogP contribution < -0.4 is 14.8 Å². The molecule has 0 radical (unpaired) electrons. The van der Waals surface area contributed by atoms with E-state index in [9.17, 15) is 14.4 Å². The van der Waals surface area contributed by atoms with Gasteiger partial charge in [-0.05, 0) is 51.1 Å². The van der Waals surface area contributed by atoms with E-state index in [-0.39, 0.29) is 30.1 Å². The van der Waals surface area contributed by atoms with Crippen molar-refractivity contribution in [1.82, 2.24) is 4.90 Å². The summed E-state index contributed by atoms with van der Waals surface area (Å²) in [5, 5.41) is 2.76. The second kappa shape index (κ2) is 5.84. The van der Waals surface area contributed by atoms with Crippen molar-refractivity contribution in [3.05, 3.63) is 53.1 Å². The van der Waals surface area contributed by atoms with Crippen LogP contribution in [0.3, 0.4) is 0 Å². The molecule has 2 aliphatic heterocycles. The zero-order valence-electron chi connectivity index (χ0n) is 15.2. The molecule has 0 fully saturated rings. The second-order valence-electron chi connectivity index (χ2n) is 7.40. The molecule has 0 bridgehead atoms. The van der Waals surface area contributed by atoms with Crippen LogP contribution in [0.25, 0.3) is 0 Å². The van der Waals surface area contributed by atoms with Gasteiger partial charge in [0.2, 0.25) is 6.79 Å². The van der Waals surface area contributed by atoms with Gasteiger partial charge < -0.3 is 14.8 Å². The number of hydrogen-bond donors (Lipinski definition) is 1. The summed E-state index contributed by atoms with van der Waals surface area (Å²) in [7, 11) is 0. The predicted molar refractivity (Wildman–Crippen MR) is 97.2 cm³/mol. The van der Waals surface area contributed by atoms with Crippen molar-refractivity contribution >= 4 is 23.4 Å². The van der Waals surface area contributed by atoms with Gasteiger partial charge in [-0.1, -0.05) is 0 Å². The normalized spacial score (nSPS) is 15.1. The zero-order chi connectivity index (χ0) is 19.3. The number of hydrogen-bond acceptors (Lipinski definition) is 5. The fourth-order valence-corrected chi connectivity index (χ4v) is 3.17. The maximum absolute atomic E-state index is 12.7. The first-order valence-electron chi connectivity index (χ1n) is 8.49. The molecule has 2 heterocycles. The third-order valence-electron chi connectivity index (χ3n) is 4.45. The lowest BCUT2D eigenvalue weighted by atomic mass is 10.1. The Balaban J connectivity index is 1.60. The largest absolute Gasteiger partial charge is 0.454 e. The Morgan fingerprint density at radius 2 is 1.67 bits per heavy atom. The first-order valence-corrected chi connectivity index (χ1v) is 8.49. The first kappa shape index (κ1) is 17.1. The highest BCUT2D eigenvalue weighted by Gasteiger charge is 2.42. The number of nitrogens with zero attached hydrogens (tertiary/aromatic N) is 1. The van der Waals surface area contributed by atoms with E-state index in [1.54, 1.807) is 45.0 Å². The molecule has 7 nitrogen and oxygen atoms in total. The highest BCUT2D eigenvalue weighted by atomic mass is 16.7. The van der Waals surface area contributed by atoms with E-state index >= 15 is 0 Å². The van der Waals surface area contributed by atoms with Crippen molar-refractivity contribution in [2.45, 2.75) is 26.3 Å². The van der Waals surface area contributed by atoms with Crippen LogP contribution in [0, 0.1) is 0 Å². The van der Waals surface area contributed by atoms with Crippen LogP contribution in [0.5, 0.6) is 11.5 Å². The molecule has 0 saturated heterocycles. The molecule has 2 aliphatic rings. The molecular weight excluding hydrogens is 348 g/mol. The number of benzene rings is 2. The fraction of sp³-hybridized carbons (Fsp3) is 0.250. The summed E-state index contributed by atoms with van der Waals surface area (Å²) in [6.07, 6.45) is 0. The molecule has 0 aliphatic carbocycles. The van der Waals surface area contributed by atoms with Gasteiger partial charge in [-0.25, -0.2) is 0 Å². The Kier molecular flexibility index (Phi) is 3.69. The van der Waals surface area contributed by atoms with Gasteiger partial charge >= 0.3 is 0 Å². The molecule has 4 rings (SSSR count). The van der Waals surface area contributed by atoms with E-state index in [2.05, 4.69) is 5.32 Å². The molecule has 0 saturated carbocycles. The number of amides is 3. The zero-order valence-corrected chi connectivity index (χ0v) is 15.2. The number of ether oxygens (including phenoxy) is 2. The second-order valence-corrected chi connectivity index (χ2v) is 7.40. The average Bonchev–Trinajstić information content (AvgIpc) is 3.16. The van der Waals surface area contributed by atoms with Crippen LogP contribution in [-0.4, -0.2) is 35.0 Å². The molecule has 27 heavy (non-hydrogen) atoms. The van der Waals surface area contributed by atoms with E-state index < -0.39 is 5.54 Å². The molecule has 0 spiro atoms. The summed E-state index contributed by atoms with van der Waals surface area (Å²) >= 11 is 0. The number of carbonyl (C=O) groups excluding carboxylic acids is 3. The minimum Gasteiger partial charge on any atom is -0.454 e. The van der Waals surface area contributed by atoms with Gasteiger partial charge in [0.25, 0.3) is 17.7 Å². The van der Waals surface area contributed by atoms with Crippen LogP contribution in [0.2, 0.25) is 0 Å². The van der Waals surface area contributed by atoms with Gasteiger partial charge in [0.1, 0.15) is 0 Å². The van der Waals surface area contributed by atoms with Gasteiger partial charge in [0.15, 0.2) is 11.5 Å². The summed E-state index contributed by atoms with van der Waals surface area (Å²) < 4.78 is 10.5. The highest BCUT2D eigenvalue weighted by molar-refractivity contribution is 6.22. The van der Waals surface area contributed by atoms with Crippen molar-refractivity contribution in [2.24, 2.45) is 0 Å². The van der Waals surface area contributed by atoms with E-state index in [0.29, 0.717) is 28.3 Å². The van der Waals surface area contributed by atoms with E-state index in [1.165, 1.54) is 17.0 Å². The molecule has 138 valence electrons. The van der Waals surface area contributed by atoms with Crippen LogP contribution in [0.1, 0.15) is 51.8 Å². The molecule has 0 unspecified atom stereocenters. The highest BCUT2D eigenvalue weighted by Crippen LogP contribution is 2.34. The summed E-state index contributed by atoms with van der Waals surface area (Å²) in [5.74, 6) is 0.0665. The summed E-state index contributed by atoms with van der Waals surface area (Å²) in [4.78, 5) is 39.0. The lowest BCUT2D eigenvalue weighted by molar-refractivity contribution is 0.0507. The van der Waals surface area contributed by atoms with Crippen molar-refractivity contribution < 1.29 is 23.9 Å². The van der Waals surface area contributed by atoms with E-state index in [0.717, 1.165) is 0 Å². The number of carbonyl (C=O) groups is 3. The Labute approximate surface area is 155 Å². The summed E-state index contributed by atoms with van der Waals surface area (Å²) in [5.41, 5.74) is 0.761. The Morgan fingerprint density at radius 1 is 0.963 bits per heavy atom. The van der Waals surface area contributed by atoms with Gasteiger partial charge in [0.05, 0.1) is 11.1 Å². The number of imide groups is 1. The lowest BCUT2D eigenvalue weighted by Crippen LogP contribution is -2.45. The molecule has 1 N–H and O–H groups in total. The van der Waals surface area contributed by atoms with Gasteiger partial charge in [-0.15, -0.1) is 0 Å². The molecule has 3 amide bonds. The minimum absolute atomic E-state index is 0.151. The van der Waals surface area contributed by atoms with Gasteiger partial charge in [-0.2, -0.15) is 0 Å². The van der Waals surface area contributed by atoms with E-state index in [4.69, 9.17) is 9.47 Å². The van der Waals surface area contributed by atoms with Gasteiger partial charge in [0, 0.05) is 22.9 Å². The summed E-state index contributed by atoms with van der Waals surface area (Å²) in [6.45, 7) is 5.53. The standard InChI is InChI=1S/C20H18N2O5/c1-20(2,3)22-18(24)13-6-4-11(8-14(13)19(22)25)17(23)21-12-5-7-15-16(9-12)27-10-26-15/h4-9H,10H2,1-3H3,(H,21,23). The molecule has 0 atom stereocenters. The number of fused-ring (bicyclic) bond motifs is 2. The van der Waals surface area contributed by atoms with Crippen molar-refractivity contribution in [3.63, 3.8) is 0 Å². The Morgan fingerprint density at radius 3 is 2.41 bits per heavy atom. The maximum atomic E-state index is 12.7. The molecule has 2 aromatic rings.